The Morgan fingerprint density at radius 1 is 0.325 bits per heavy atom. The Kier molecular flexibility index (Phi) is 55.2. The van der Waals surface area contributed by atoms with Crippen molar-refractivity contribution in [2.75, 3.05) is 39.6 Å². The number of hydrogen-bond acceptors (Lipinski definition) is 15. The van der Waals surface area contributed by atoms with Gasteiger partial charge in [-0.05, 0) is 37.5 Å². The molecule has 0 fully saturated rings. The van der Waals surface area contributed by atoms with Gasteiger partial charge in [-0.3, -0.25) is 37.3 Å². The Morgan fingerprint density at radius 2 is 0.554 bits per heavy atom. The molecule has 0 aliphatic rings. The van der Waals surface area contributed by atoms with Crippen LogP contribution < -0.4 is 0 Å². The highest BCUT2D eigenvalue weighted by Crippen LogP contribution is 2.45. The maximum atomic E-state index is 13.0. The van der Waals surface area contributed by atoms with E-state index in [-0.39, 0.29) is 25.7 Å². The third kappa shape index (κ3) is 58.8. The van der Waals surface area contributed by atoms with Crippen molar-refractivity contribution in [3.8, 4) is 0 Å². The lowest BCUT2D eigenvalue weighted by Crippen LogP contribution is -2.30. The third-order valence-electron chi connectivity index (χ3n) is 14.7. The van der Waals surface area contributed by atoms with Gasteiger partial charge in [0.1, 0.15) is 19.3 Å². The largest absolute Gasteiger partial charge is 0.472 e. The lowest BCUT2D eigenvalue weighted by molar-refractivity contribution is -0.161. The summed E-state index contributed by atoms with van der Waals surface area (Å²) in [7, 11) is -9.88. The van der Waals surface area contributed by atoms with Crippen molar-refractivity contribution in [3.63, 3.8) is 0 Å². The van der Waals surface area contributed by atoms with Gasteiger partial charge in [0.05, 0.1) is 26.4 Å². The summed E-state index contributed by atoms with van der Waals surface area (Å²) in [5.41, 5.74) is 0. The number of unbranched alkanes of at least 4 members (excludes halogenated alkanes) is 33. The number of phosphoric acid groups is 2. The molecule has 0 saturated heterocycles. The van der Waals surface area contributed by atoms with E-state index in [9.17, 15) is 43.2 Å². The van der Waals surface area contributed by atoms with Crippen LogP contribution >= 0.6 is 15.6 Å². The highest BCUT2D eigenvalue weighted by atomic mass is 31.2. The van der Waals surface area contributed by atoms with Gasteiger partial charge in [-0.1, -0.05) is 266 Å². The van der Waals surface area contributed by atoms with Crippen molar-refractivity contribution in [2.45, 2.75) is 336 Å². The van der Waals surface area contributed by atoms with Crippen LogP contribution in [0, 0.1) is 11.8 Å². The number of rotatable bonds is 63. The molecular weight excluding hydrogens is 1100 g/mol. The molecule has 2 unspecified atom stereocenters. The van der Waals surface area contributed by atoms with Crippen molar-refractivity contribution in [3.05, 3.63) is 0 Å². The first-order chi connectivity index (χ1) is 39.9. The molecule has 17 nitrogen and oxygen atoms in total. The molecular formula is C64H124O17P2. The number of phosphoric ester groups is 2. The van der Waals surface area contributed by atoms with E-state index in [0.29, 0.717) is 25.7 Å². The molecule has 0 bridgehead atoms. The molecule has 3 N–H and O–H groups in total. The van der Waals surface area contributed by atoms with Crippen LogP contribution in [0.15, 0.2) is 0 Å². The maximum absolute atomic E-state index is 13.0. The summed E-state index contributed by atoms with van der Waals surface area (Å²) in [4.78, 5) is 72.0. The number of aliphatic hydroxyl groups is 1. The van der Waals surface area contributed by atoms with E-state index in [0.717, 1.165) is 108 Å². The van der Waals surface area contributed by atoms with Gasteiger partial charge in [-0.2, -0.15) is 0 Å². The van der Waals surface area contributed by atoms with Crippen molar-refractivity contribution < 1.29 is 80.2 Å². The fourth-order valence-electron chi connectivity index (χ4n) is 9.53. The predicted molar refractivity (Wildman–Crippen MR) is 331 cm³/mol. The third-order valence-corrected chi connectivity index (χ3v) is 16.6. The molecule has 0 saturated carbocycles. The quantitative estimate of drug-likeness (QED) is 0.0222. The van der Waals surface area contributed by atoms with E-state index in [1.807, 2.05) is 0 Å². The summed E-state index contributed by atoms with van der Waals surface area (Å²) in [6.07, 6.45) is 39.3. The minimum atomic E-state index is -4.94. The van der Waals surface area contributed by atoms with E-state index in [2.05, 4.69) is 41.5 Å². The minimum absolute atomic E-state index is 0.104. The molecule has 83 heavy (non-hydrogen) atoms. The molecule has 0 aromatic rings. The average Bonchev–Trinajstić information content (AvgIpc) is 3.45. The van der Waals surface area contributed by atoms with Gasteiger partial charge < -0.3 is 33.8 Å². The number of ether oxygens (including phenoxy) is 4. The predicted octanol–water partition coefficient (Wildman–Crippen LogP) is 17.7. The Hall–Kier alpha value is -1.94. The lowest BCUT2D eigenvalue weighted by Gasteiger charge is -2.21. The minimum Gasteiger partial charge on any atom is -0.462 e. The first kappa shape index (κ1) is 81.1. The van der Waals surface area contributed by atoms with Gasteiger partial charge in [0.15, 0.2) is 12.2 Å². The average molecular weight is 1230 g/mol. The molecule has 0 heterocycles. The van der Waals surface area contributed by atoms with Gasteiger partial charge in [0, 0.05) is 25.7 Å². The fourth-order valence-corrected chi connectivity index (χ4v) is 11.1. The van der Waals surface area contributed by atoms with Gasteiger partial charge in [0.2, 0.25) is 0 Å². The molecule has 0 rings (SSSR count). The second-order valence-corrected chi connectivity index (χ2v) is 27.0. The van der Waals surface area contributed by atoms with E-state index in [4.69, 9.17) is 37.0 Å². The van der Waals surface area contributed by atoms with Gasteiger partial charge in [-0.15, -0.1) is 0 Å². The van der Waals surface area contributed by atoms with Crippen LogP contribution in [0.25, 0.3) is 0 Å². The van der Waals surface area contributed by atoms with Gasteiger partial charge in [-0.25, -0.2) is 9.13 Å². The zero-order valence-electron chi connectivity index (χ0n) is 53.5. The molecule has 0 aliphatic heterocycles. The second kappa shape index (κ2) is 56.6. The Morgan fingerprint density at radius 3 is 0.819 bits per heavy atom. The van der Waals surface area contributed by atoms with Crippen LogP contribution in [0.3, 0.4) is 0 Å². The summed E-state index contributed by atoms with van der Waals surface area (Å²) in [5, 5.41) is 10.5. The Labute approximate surface area is 505 Å². The monoisotopic (exact) mass is 1230 g/mol. The topological polar surface area (TPSA) is 237 Å². The number of hydrogen-bond donors (Lipinski definition) is 3. The molecule has 0 spiro atoms. The molecule has 5 atom stereocenters. The molecule has 19 heteroatoms. The molecule has 0 aromatic heterocycles. The number of esters is 4. The van der Waals surface area contributed by atoms with Crippen LogP contribution in [0.2, 0.25) is 0 Å². The molecule has 492 valence electrons. The molecule has 0 amide bonds. The van der Waals surface area contributed by atoms with Gasteiger partial charge in [0.25, 0.3) is 0 Å². The van der Waals surface area contributed by atoms with Crippen molar-refractivity contribution in [2.24, 2.45) is 11.8 Å². The van der Waals surface area contributed by atoms with E-state index in [1.54, 1.807) is 0 Å². The standard InChI is InChI=1S/C64H124O17P2/c1-7-9-11-13-14-15-16-17-18-19-24-30-36-42-48-63(68)81-60(53-75-62(67)47-41-35-29-25-20-22-27-33-38-44-56(3)4)55-79-83(72,73)77-51-58(65)50-76-82(70,71)78-54-59(52-74-61(66)46-40-32-12-10-8-2)80-64(69)49-43-37-31-26-21-23-28-34-39-45-57(5)6/h56-60,65H,7-55H2,1-6H3,(H,70,71)(H,72,73)/t58-,59+,60+/m0/s1. The normalized spacial score (nSPS) is 14.3. The van der Waals surface area contributed by atoms with E-state index < -0.39 is 97.5 Å². The summed E-state index contributed by atoms with van der Waals surface area (Å²) in [6.45, 7) is 9.37. The first-order valence-corrected chi connectivity index (χ1v) is 36.5. The van der Waals surface area contributed by atoms with Crippen LogP contribution in [0.1, 0.15) is 318 Å². The van der Waals surface area contributed by atoms with Crippen LogP contribution in [0.5, 0.6) is 0 Å². The van der Waals surface area contributed by atoms with E-state index >= 15 is 0 Å². The lowest BCUT2D eigenvalue weighted by atomic mass is 10.0. The summed E-state index contributed by atoms with van der Waals surface area (Å²) >= 11 is 0. The van der Waals surface area contributed by atoms with Crippen LogP contribution in [-0.2, 0) is 65.4 Å². The van der Waals surface area contributed by atoms with E-state index in [1.165, 1.54) is 128 Å². The fraction of sp³-hybridized carbons (Fsp3) is 0.938. The summed E-state index contributed by atoms with van der Waals surface area (Å²) < 4.78 is 67.8. The van der Waals surface area contributed by atoms with Crippen molar-refractivity contribution >= 4 is 39.5 Å². The molecule has 0 radical (unpaired) electrons. The smallest absolute Gasteiger partial charge is 0.462 e. The zero-order valence-corrected chi connectivity index (χ0v) is 55.3. The van der Waals surface area contributed by atoms with Crippen LogP contribution in [-0.4, -0.2) is 96.7 Å². The van der Waals surface area contributed by atoms with Crippen molar-refractivity contribution in [1.82, 2.24) is 0 Å². The maximum Gasteiger partial charge on any atom is 0.472 e. The Balaban J connectivity index is 5.18. The van der Waals surface area contributed by atoms with Gasteiger partial charge >= 0.3 is 39.5 Å². The highest BCUT2D eigenvalue weighted by Gasteiger charge is 2.30. The SMILES string of the molecule is CCCCCCCCCCCCCCCCC(=O)O[C@H](COC(=O)CCCCCCCCCCCC(C)C)COP(=O)(O)OC[C@@H](O)COP(=O)(O)OC[C@@H](COC(=O)CCCCCCC)OC(=O)CCCCCCCCCCCC(C)C. The molecule has 0 aliphatic carbocycles. The number of aliphatic hydroxyl groups excluding tert-OH is 1. The van der Waals surface area contributed by atoms with Crippen molar-refractivity contribution in [1.29, 1.82) is 0 Å². The van der Waals surface area contributed by atoms with Crippen LogP contribution in [0.4, 0.5) is 0 Å². The number of carbonyl (C=O) groups excluding carboxylic acids is 4. The summed E-state index contributed by atoms with van der Waals surface area (Å²) in [5.74, 6) is -0.663. The zero-order chi connectivity index (χ0) is 61.5. The number of carbonyl (C=O) groups is 4. The summed E-state index contributed by atoms with van der Waals surface area (Å²) in [6, 6.07) is 0. The Bertz CT molecular complexity index is 1630. The molecule has 0 aromatic carbocycles. The second-order valence-electron chi connectivity index (χ2n) is 24.1. The highest BCUT2D eigenvalue weighted by molar-refractivity contribution is 7.47. The first-order valence-electron chi connectivity index (χ1n) is 33.5.